The van der Waals surface area contributed by atoms with Crippen LogP contribution in [-0.4, -0.2) is 14.7 Å². The second-order valence-corrected chi connectivity index (χ2v) is 10.8. The third-order valence-electron chi connectivity index (χ3n) is 7.16. The van der Waals surface area contributed by atoms with E-state index in [1.807, 2.05) is 70.2 Å². The number of hydrogen-bond donors (Lipinski definition) is 1. The number of aryl methyl sites for hydroxylation is 3. The van der Waals surface area contributed by atoms with E-state index in [9.17, 15) is 14.3 Å². The van der Waals surface area contributed by atoms with Crippen molar-refractivity contribution in [3.05, 3.63) is 116 Å². The Hall–Kier alpha value is -4.03. The third-order valence-corrected chi connectivity index (χ3v) is 8.23. The van der Waals surface area contributed by atoms with E-state index in [1.54, 1.807) is 34.2 Å². The fraction of sp³-hybridized carbons (Fsp3) is 0.188. The van der Waals surface area contributed by atoms with Gasteiger partial charge in [-0.3, -0.25) is 9.78 Å². The van der Waals surface area contributed by atoms with E-state index in [4.69, 9.17) is 0 Å². The van der Waals surface area contributed by atoms with Crippen LogP contribution in [0.3, 0.4) is 0 Å². The van der Waals surface area contributed by atoms with E-state index in [2.05, 4.69) is 11.1 Å². The number of aromatic nitrogens is 2. The molecule has 5 aromatic rings. The third kappa shape index (κ3) is 4.56. The van der Waals surface area contributed by atoms with Crippen LogP contribution < -0.4 is 5.56 Å². The molecule has 1 N–H and O–H groups in total. The number of rotatable bonds is 6. The fourth-order valence-corrected chi connectivity index (χ4v) is 6.13. The zero-order chi connectivity index (χ0) is 27.0. The zero-order valence-electron chi connectivity index (χ0n) is 21.9. The van der Waals surface area contributed by atoms with Gasteiger partial charge in [-0.2, -0.15) is 0 Å². The van der Waals surface area contributed by atoms with E-state index < -0.39 is 11.6 Å². The Bertz CT molecular complexity index is 1700. The molecular formula is C32H29FN2O2S. The summed E-state index contributed by atoms with van der Waals surface area (Å²) >= 11 is 1.58. The lowest BCUT2D eigenvalue weighted by atomic mass is 9.96. The number of aromatic hydroxyl groups is 1. The van der Waals surface area contributed by atoms with Crippen molar-refractivity contribution in [2.75, 3.05) is 0 Å². The van der Waals surface area contributed by atoms with Crippen molar-refractivity contribution >= 4 is 11.3 Å². The van der Waals surface area contributed by atoms with Gasteiger partial charge in [0.05, 0.1) is 17.0 Å². The summed E-state index contributed by atoms with van der Waals surface area (Å²) in [6.07, 6.45) is 2.40. The van der Waals surface area contributed by atoms with Crippen LogP contribution >= 0.6 is 11.3 Å². The number of phenolic OH excluding ortho intramolecular Hbond substituents is 1. The zero-order valence-corrected chi connectivity index (χ0v) is 22.7. The molecular weight excluding hydrogens is 495 g/mol. The van der Waals surface area contributed by atoms with Gasteiger partial charge in [-0.05, 0) is 80.6 Å². The minimum absolute atomic E-state index is 0.159. The Morgan fingerprint density at radius 1 is 0.921 bits per heavy atom. The normalized spacial score (nSPS) is 11.2. The molecule has 0 spiro atoms. The van der Waals surface area contributed by atoms with Gasteiger partial charge in [0.15, 0.2) is 11.6 Å². The second kappa shape index (κ2) is 10.4. The largest absolute Gasteiger partial charge is 0.504 e. The highest BCUT2D eigenvalue weighted by molar-refractivity contribution is 7.16. The van der Waals surface area contributed by atoms with E-state index in [0.717, 1.165) is 43.3 Å². The molecule has 3 aromatic heterocycles. The van der Waals surface area contributed by atoms with Gasteiger partial charge in [-0.25, -0.2) is 4.39 Å². The summed E-state index contributed by atoms with van der Waals surface area (Å²) in [6.45, 7) is 8.33. The highest BCUT2D eigenvalue weighted by atomic mass is 32.1. The summed E-state index contributed by atoms with van der Waals surface area (Å²) < 4.78 is 16.1. The molecule has 0 amide bonds. The molecule has 0 bridgehead atoms. The van der Waals surface area contributed by atoms with E-state index >= 15 is 0 Å². The van der Waals surface area contributed by atoms with Crippen molar-refractivity contribution in [3.8, 4) is 38.7 Å². The predicted molar refractivity (Wildman–Crippen MR) is 153 cm³/mol. The first-order valence-electron chi connectivity index (χ1n) is 12.6. The van der Waals surface area contributed by atoms with Crippen LogP contribution in [0.25, 0.3) is 33.0 Å². The molecule has 0 saturated carbocycles. The van der Waals surface area contributed by atoms with Gasteiger partial charge in [0.25, 0.3) is 5.56 Å². The van der Waals surface area contributed by atoms with Gasteiger partial charge < -0.3 is 9.67 Å². The van der Waals surface area contributed by atoms with E-state index in [-0.39, 0.29) is 5.56 Å². The Morgan fingerprint density at radius 3 is 2.42 bits per heavy atom. The topological polar surface area (TPSA) is 55.1 Å². The van der Waals surface area contributed by atoms with Gasteiger partial charge in [0.1, 0.15) is 0 Å². The van der Waals surface area contributed by atoms with Crippen LogP contribution in [0.5, 0.6) is 5.75 Å². The molecule has 4 nitrogen and oxygen atoms in total. The van der Waals surface area contributed by atoms with Crippen LogP contribution in [0.15, 0.2) is 77.7 Å². The average Bonchev–Trinajstić information content (AvgIpc) is 3.29. The summed E-state index contributed by atoms with van der Waals surface area (Å²) in [5.41, 5.74) is 7.06. The molecule has 0 aliphatic carbocycles. The Morgan fingerprint density at radius 2 is 1.68 bits per heavy atom. The minimum atomic E-state index is -0.713. The number of phenols is 1. The molecule has 5 rings (SSSR count). The maximum absolute atomic E-state index is 14.4. The molecule has 0 unspecified atom stereocenters. The Labute approximate surface area is 225 Å². The van der Waals surface area contributed by atoms with Gasteiger partial charge in [-0.15, -0.1) is 11.3 Å². The number of benzene rings is 2. The van der Waals surface area contributed by atoms with Crippen LogP contribution in [-0.2, 0) is 13.0 Å². The number of para-hydroxylation sites is 1. The maximum atomic E-state index is 14.4. The smallest absolute Gasteiger partial charge is 0.260 e. The number of halogens is 1. The van der Waals surface area contributed by atoms with Crippen LogP contribution in [0.1, 0.15) is 27.1 Å². The minimum Gasteiger partial charge on any atom is -0.504 e. The van der Waals surface area contributed by atoms with Crippen LogP contribution in [0, 0.1) is 33.5 Å². The average molecular weight is 525 g/mol. The maximum Gasteiger partial charge on any atom is 0.260 e. The van der Waals surface area contributed by atoms with Crippen LogP contribution in [0.4, 0.5) is 4.39 Å². The van der Waals surface area contributed by atoms with E-state index in [1.165, 1.54) is 6.07 Å². The standard InChI is InChI=1S/C32H29FN2O2S/c1-19-10-9-16-34-29(19)25-18-27(38-22(25)4)28-20(2)21(3)30(24-13-8-14-26(33)31(24)36)35(32(28)37)17-15-23-11-6-5-7-12-23/h5-14,16,18,36H,15,17H2,1-4H3. The SMILES string of the molecule is Cc1cccnc1-c1cc(-c2c(C)c(C)c(-c3cccc(F)c3O)n(CCc3ccccc3)c2=O)sc1C. The van der Waals surface area contributed by atoms with Crippen molar-refractivity contribution in [3.63, 3.8) is 0 Å². The monoisotopic (exact) mass is 524 g/mol. The van der Waals surface area contributed by atoms with E-state index in [0.29, 0.717) is 29.8 Å². The summed E-state index contributed by atoms with van der Waals surface area (Å²) in [4.78, 5) is 20.8. The Balaban J connectivity index is 1.73. The van der Waals surface area contributed by atoms with Crippen molar-refractivity contribution in [1.29, 1.82) is 0 Å². The predicted octanol–water partition coefficient (Wildman–Crippen LogP) is 7.63. The highest BCUT2D eigenvalue weighted by Crippen LogP contribution is 2.40. The van der Waals surface area contributed by atoms with Crippen molar-refractivity contribution in [2.24, 2.45) is 0 Å². The van der Waals surface area contributed by atoms with Crippen molar-refractivity contribution in [2.45, 2.75) is 40.7 Å². The first-order chi connectivity index (χ1) is 18.3. The van der Waals surface area contributed by atoms with Gasteiger partial charge >= 0.3 is 0 Å². The quantitative estimate of drug-likeness (QED) is 0.248. The lowest BCUT2D eigenvalue weighted by molar-refractivity contribution is 0.433. The Kier molecular flexibility index (Phi) is 7.00. The van der Waals surface area contributed by atoms with Gasteiger partial charge in [0, 0.05) is 33.6 Å². The molecule has 2 aromatic carbocycles. The summed E-state index contributed by atoms with van der Waals surface area (Å²) in [5, 5.41) is 10.6. The van der Waals surface area contributed by atoms with Gasteiger partial charge in [-0.1, -0.05) is 42.5 Å². The summed E-state index contributed by atoms with van der Waals surface area (Å²) in [6, 6.07) is 20.4. The van der Waals surface area contributed by atoms with Gasteiger partial charge in [0.2, 0.25) is 0 Å². The molecule has 0 aliphatic heterocycles. The molecule has 0 radical (unpaired) electrons. The highest BCUT2D eigenvalue weighted by Gasteiger charge is 2.24. The summed E-state index contributed by atoms with van der Waals surface area (Å²) in [5.74, 6) is -1.16. The summed E-state index contributed by atoms with van der Waals surface area (Å²) in [7, 11) is 0. The number of thiophene rings is 1. The fourth-order valence-electron chi connectivity index (χ4n) is 5.02. The molecule has 0 saturated heterocycles. The lowest BCUT2D eigenvalue weighted by Gasteiger charge is -2.21. The number of hydrogen-bond acceptors (Lipinski definition) is 4. The molecule has 0 atom stereocenters. The molecule has 3 heterocycles. The van der Waals surface area contributed by atoms with Crippen molar-refractivity contribution < 1.29 is 9.50 Å². The first kappa shape index (κ1) is 25.6. The molecule has 38 heavy (non-hydrogen) atoms. The first-order valence-corrected chi connectivity index (χ1v) is 13.4. The molecule has 0 aliphatic rings. The van der Waals surface area contributed by atoms with Crippen molar-refractivity contribution in [1.82, 2.24) is 9.55 Å². The number of nitrogens with zero attached hydrogens (tertiary/aromatic N) is 2. The molecule has 0 fully saturated rings. The molecule has 6 heteroatoms. The lowest BCUT2D eigenvalue weighted by Crippen LogP contribution is -2.26. The van der Waals surface area contributed by atoms with Crippen LogP contribution in [0.2, 0.25) is 0 Å². The molecule has 192 valence electrons. The second-order valence-electron chi connectivity index (χ2n) is 9.55. The number of pyridine rings is 2.